The smallest absolute Gasteiger partial charge is 0.269 e. The SMILES string of the molecule is CN1CCC2(CC(C(=O)N[C@@H](CC(C)(F)F)C(=O)NC3(C#N)CC3)=NO2)C1. The number of nitrogens with zero attached hydrogens (tertiary/aromatic N) is 3. The predicted octanol–water partition coefficient (Wildman–Crippen LogP) is 0.539. The van der Waals surface area contributed by atoms with E-state index in [2.05, 4.69) is 20.7 Å². The molecular weight excluding hydrogens is 360 g/mol. The molecule has 1 unspecified atom stereocenters. The Bertz CT molecular complexity index is 710. The molecule has 10 heteroatoms. The van der Waals surface area contributed by atoms with E-state index >= 15 is 0 Å². The lowest BCUT2D eigenvalue weighted by Gasteiger charge is -2.23. The maximum atomic E-state index is 13.5. The number of likely N-dealkylation sites (N-methyl/N-ethyl adjacent to an activating group) is 1. The maximum absolute atomic E-state index is 13.5. The van der Waals surface area contributed by atoms with E-state index in [0.717, 1.165) is 6.54 Å². The highest BCUT2D eigenvalue weighted by atomic mass is 19.3. The summed E-state index contributed by atoms with van der Waals surface area (Å²) in [4.78, 5) is 32.4. The average Bonchev–Trinajstić information content (AvgIpc) is 3.07. The topological polar surface area (TPSA) is 107 Å². The summed E-state index contributed by atoms with van der Waals surface area (Å²) in [5, 5.41) is 17.7. The van der Waals surface area contributed by atoms with Crippen LogP contribution >= 0.6 is 0 Å². The fourth-order valence-corrected chi connectivity index (χ4v) is 3.43. The number of hydrogen-bond acceptors (Lipinski definition) is 6. The molecular formula is C17H23F2N5O3. The van der Waals surface area contributed by atoms with Gasteiger partial charge in [-0.05, 0) is 26.8 Å². The molecule has 1 saturated heterocycles. The standard InChI is InChI=1S/C17H23F2N5O3/c1-15(18,19)7-11(14(26)22-16(9-20)3-4-16)21-13(25)12-8-17(27-23-12)5-6-24(2)10-17/h11H,3-8,10H2,1-2H3,(H,21,25)(H,22,26)/t11-,17?/m0/s1. The second kappa shape index (κ2) is 6.71. The molecule has 0 aromatic rings. The lowest BCUT2D eigenvalue weighted by Crippen LogP contribution is -2.53. The second-order valence-electron chi connectivity index (χ2n) is 7.96. The number of nitriles is 1. The number of hydrogen-bond donors (Lipinski definition) is 2. The van der Waals surface area contributed by atoms with Crippen molar-refractivity contribution in [3.63, 3.8) is 0 Å². The molecule has 0 bridgehead atoms. The van der Waals surface area contributed by atoms with Gasteiger partial charge in [0.2, 0.25) is 11.8 Å². The van der Waals surface area contributed by atoms with Gasteiger partial charge in [0.1, 0.15) is 17.3 Å². The number of carbonyl (C=O) groups excluding carboxylic acids is 2. The second-order valence-corrected chi connectivity index (χ2v) is 7.96. The zero-order valence-electron chi connectivity index (χ0n) is 15.3. The van der Waals surface area contributed by atoms with Crippen LogP contribution in [-0.2, 0) is 14.4 Å². The zero-order chi connectivity index (χ0) is 19.9. The molecule has 3 aliphatic rings. The molecule has 2 N–H and O–H groups in total. The first-order valence-corrected chi connectivity index (χ1v) is 8.91. The van der Waals surface area contributed by atoms with Crippen molar-refractivity contribution in [2.75, 3.05) is 20.1 Å². The van der Waals surface area contributed by atoms with Gasteiger partial charge in [-0.1, -0.05) is 5.16 Å². The summed E-state index contributed by atoms with van der Waals surface area (Å²) >= 11 is 0. The van der Waals surface area contributed by atoms with Crippen LogP contribution in [0.3, 0.4) is 0 Å². The highest BCUT2D eigenvalue weighted by molar-refractivity contribution is 6.39. The van der Waals surface area contributed by atoms with Gasteiger partial charge in [0, 0.05) is 32.4 Å². The van der Waals surface area contributed by atoms with Crippen LogP contribution in [0.2, 0.25) is 0 Å². The fourth-order valence-electron chi connectivity index (χ4n) is 3.43. The Labute approximate surface area is 155 Å². The lowest BCUT2D eigenvalue weighted by atomic mass is 9.96. The summed E-state index contributed by atoms with van der Waals surface area (Å²) in [7, 11) is 1.93. The quantitative estimate of drug-likeness (QED) is 0.696. The van der Waals surface area contributed by atoms with Gasteiger partial charge in [-0.15, -0.1) is 0 Å². The molecule has 8 nitrogen and oxygen atoms in total. The molecule has 2 aliphatic heterocycles. The highest BCUT2D eigenvalue weighted by Crippen LogP contribution is 2.35. The molecule has 2 amide bonds. The van der Waals surface area contributed by atoms with Crippen LogP contribution < -0.4 is 10.6 Å². The molecule has 0 aromatic heterocycles. The number of carbonyl (C=O) groups is 2. The summed E-state index contributed by atoms with van der Waals surface area (Å²) in [6, 6.07) is 0.502. The summed E-state index contributed by atoms with van der Waals surface area (Å²) in [5.74, 6) is -4.66. The number of alkyl halides is 2. The van der Waals surface area contributed by atoms with Crippen LogP contribution in [0.15, 0.2) is 5.16 Å². The van der Waals surface area contributed by atoms with Crippen molar-refractivity contribution in [2.24, 2.45) is 5.16 Å². The summed E-state index contributed by atoms with van der Waals surface area (Å²) in [6.07, 6.45) is 1.05. The monoisotopic (exact) mass is 383 g/mol. The molecule has 1 aliphatic carbocycles. The van der Waals surface area contributed by atoms with Gasteiger partial charge in [0.25, 0.3) is 5.91 Å². The van der Waals surface area contributed by atoms with Crippen LogP contribution in [-0.4, -0.2) is 65.7 Å². The van der Waals surface area contributed by atoms with Crippen LogP contribution in [0.25, 0.3) is 0 Å². The third kappa shape index (κ3) is 4.53. The Morgan fingerprint density at radius 1 is 1.44 bits per heavy atom. The van der Waals surface area contributed by atoms with Gasteiger partial charge in [0.05, 0.1) is 6.07 Å². The van der Waals surface area contributed by atoms with Crippen molar-refractivity contribution in [1.29, 1.82) is 5.26 Å². The van der Waals surface area contributed by atoms with Crippen LogP contribution in [0.5, 0.6) is 0 Å². The molecule has 2 heterocycles. The molecule has 2 atom stereocenters. The van der Waals surface area contributed by atoms with E-state index < -0.39 is 41.3 Å². The third-order valence-electron chi connectivity index (χ3n) is 5.12. The van der Waals surface area contributed by atoms with Crippen molar-refractivity contribution in [2.45, 2.75) is 62.1 Å². The molecule has 1 saturated carbocycles. The van der Waals surface area contributed by atoms with Gasteiger partial charge < -0.3 is 20.4 Å². The Balaban J connectivity index is 1.64. The molecule has 1 spiro atoms. The Kier molecular flexibility index (Phi) is 4.84. The Morgan fingerprint density at radius 2 is 2.15 bits per heavy atom. The molecule has 148 valence electrons. The first-order valence-electron chi connectivity index (χ1n) is 8.91. The number of likely N-dealkylation sites (tertiary alicyclic amines) is 1. The van der Waals surface area contributed by atoms with Gasteiger partial charge in [-0.3, -0.25) is 9.59 Å². The van der Waals surface area contributed by atoms with E-state index in [1.54, 1.807) is 0 Å². The summed E-state index contributed by atoms with van der Waals surface area (Å²) in [6.45, 7) is 2.11. The van der Waals surface area contributed by atoms with Crippen molar-refractivity contribution in [3.05, 3.63) is 0 Å². The van der Waals surface area contributed by atoms with Gasteiger partial charge in [0.15, 0.2) is 5.60 Å². The minimum Gasteiger partial charge on any atom is -0.387 e. The Morgan fingerprint density at radius 3 is 2.67 bits per heavy atom. The highest BCUT2D eigenvalue weighted by Gasteiger charge is 2.48. The molecule has 3 rings (SSSR count). The van der Waals surface area contributed by atoms with E-state index in [4.69, 9.17) is 10.1 Å². The van der Waals surface area contributed by atoms with E-state index in [0.29, 0.717) is 32.7 Å². The molecule has 27 heavy (non-hydrogen) atoms. The summed E-state index contributed by atoms with van der Waals surface area (Å²) < 4.78 is 27.0. The van der Waals surface area contributed by atoms with Crippen LogP contribution in [0.1, 0.15) is 39.0 Å². The van der Waals surface area contributed by atoms with Gasteiger partial charge in [-0.25, -0.2) is 8.78 Å². The van der Waals surface area contributed by atoms with E-state index in [-0.39, 0.29) is 12.1 Å². The lowest BCUT2D eigenvalue weighted by molar-refractivity contribution is -0.129. The van der Waals surface area contributed by atoms with E-state index in [9.17, 15) is 18.4 Å². The van der Waals surface area contributed by atoms with Gasteiger partial charge >= 0.3 is 0 Å². The van der Waals surface area contributed by atoms with Crippen LogP contribution in [0.4, 0.5) is 8.78 Å². The number of nitrogens with one attached hydrogen (secondary N) is 2. The molecule has 0 aromatic carbocycles. The third-order valence-corrected chi connectivity index (χ3v) is 5.12. The van der Waals surface area contributed by atoms with Crippen molar-refractivity contribution >= 4 is 17.5 Å². The number of oxime groups is 1. The van der Waals surface area contributed by atoms with E-state index in [1.807, 2.05) is 13.1 Å². The largest absolute Gasteiger partial charge is 0.387 e. The Hall–Kier alpha value is -2.28. The molecule has 0 radical (unpaired) electrons. The zero-order valence-corrected chi connectivity index (χ0v) is 15.3. The normalized spacial score (nSPS) is 27.4. The first-order chi connectivity index (χ1) is 12.6. The van der Waals surface area contributed by atoms with Crippen molar-refractivity contribution in [3.8, 4) is 6.07 Å². The van der Waals surface area contributed by atoms with Gasteiger partial charge in [-0.2, -0.15) is 5.26 Å². The summed E-state index contributed by atoms with van der Waals surface area (Å²) in [5.41, 5.74) is -1.48. The maximum Gasteiger partial charge on any atom is 0.269 e. The van der Waals surface area contributed by atoms with Crippen molar-refractivity contribution in [1.82, 2.24) is 15.5 Å². The predicted molar refractivity (Wildman–Crippen MR) is 90.9 cm³/mol. The average molecular weight is 383 g/mol. The van der Waals surface area contributed by atoms with E-state index in [1.165, 1.54) is 0 Å². The minimum atomic E-state index is -3.16. The minimum absolute atomic E-state index is 0.0870. The number of amides is 2. The fraction of sp³-hybridized carbons (Fsp3) is 0.765. The van der Waals surface area contributed by atoms with Crippen LogP contribution in [0, 0.1) is 11.3 Å². The first kappa shape index (κ1) is 19.5. The number of halogens is 2. The number of rotatable bonds is 6. The molecule has 2 fully saturated rings. The van der Waals surface area contributed by atoms with Crippen molar-refractivity contribution < 1.29 is 23.2 Å².